The predicted octanol–water partition coefficient (Wildman–Crippen LogP) is 4.26. The number of hydrogen-bond donors (Lipinski definition) is 1. The van der Waals surface area contributed by atoms with E-state index < -0.39 is 0 Å². The molecule has 1 aromatic carbocycles. The van der Waals surface area contributed by atoms with Crippen molar-refractivity contribution in [2.45, 2.75) is 5.16 Å². The Balaban J connectivity index is 2.15. The van der Waals surface area contributed by atoms with Gasteiger partial charge < -0.3 is 4.74 Å². The van der Waals surface area contributed by atoms with Crippen molar-refractivity contribution in [1.82, 2.24) is 9.97 Å². The molecule has 0 radical (unpaired) electrons. The molecule has 2 aromatic heterocycles. The van der Waals surface area contributed by atoms with Crippen LogP contribution in [0.1, 0.15) is 0 Å². The van der Waals surface area contributed by atoms with Gasteiger partial charge in [-0.1, -0.05) is 0 Å². The summed E-state index contributed by atoms with van der Waals surface area (Å²) >= 11 is 8.18. The van der Waals surface area contributed by atoms with Crippen molar-refractivity contribution in [2.24, 2.45) is 0 Å². The number of methoxy groups -OCH3 is 1. The quantitative estimate of drug-likeness (QED) is 0.397. The van der Waals surface area contributed by atoms with Crippen LogP contribution in [0.2, 0.25) is 0 Å². The number of nitrogens with zero attached hydrogens (tertiary/aromatic N) is 2. The maximum atomic E-state index is 5.18. The Kier molecular flexibility index (Phi) is 3.64. The second kappa shape index (κ2) is 5.26. The maximum Gasteiger partial charge on any atom is 0.185 e. The molecule has 3 nitrogen and oxygen atoms in total. The van der Waals surface area contributed by atoms with Crippen LogP contribution in [-0.2, 0) is 0 Å². The van der Waals surface area contributed by atoms with Gasteiger partial charge in [-0.15, -0.1) is 24.0 Å². The highest BCUT2D eigenvalue weighted by Crippen LogP contribution is 2.38. The van der Waals surface area contributed by atoms with Gasteiger partial charge >= 0.3 is 0 Å². The van der Waals surface area contributed by atoms with Crippen molar-refractivity contribution < 1.29 is 4.74 Å². The van der Waals surface area contributed by atoms with Gasteiger partial charge in [-0.2, -0.15) is 0 Å². The van der Waals surface area contributed by atoms with Crippen LogP contribution in [0.4, 0.5) is 0 Å². The zero-order chi connectivity index (χ0) is 13.4. The molecule has 2 heterocycles. The summed E-state index contributed by atoms with van der Waals surface area (Å²) in [6.07, 6.45) is 1.83. The highest BCUT2D eigenvalue weighted by atomic mass is 127. The molecule has 0 fully saturated rings. The first kappa shape index (κ1) is 13.1. The molecule has 0 N–H and O–H groups in total. The normalized spacial score (nSPS) is 10.9. The molecule has 0 saturated heterocycles. The molecule has 3 aromatic rings. The molecular weight excluding hydrogens is 391 g/mol. The smallest absolute Gasteiger partial charge is 0.185 e. The molecule has 19 heavy (non-hydrogen) atoms. The standard InChI is InChI=1S/C13H9IN2OS2/c1-17-8-4-2-7(3-5-8)11-10(14)9-6-15-13(18)16-12(9)19-11/h2-6H,1H3,(H,15,16,18). The van der Waals surface area contributed by atoms with E-state index >= 15 is 0 Å². The molecule has 3 rings (SSSR count). The van der Waals surface area contributed by atoms with Crippen LogP contribution in [0.3, 0.4) is 0 Å². The van der Waals surface area contributed by atoms with Crippen molar-refractivity contribution >= 4 is 56.8 Å². The molecule has 0 atom stereocenters. The fourth-order valence-corrected chi connectivity index (χ4v) is 4.27. The monoisotopic (exact) mass is 400 g/mol. The summed E-state index contributed by atoms with van der Waals surface area (Å²) in [6, 6.07) is 8.04. The lowest BCUT2D eigenvalue weighted by Gasteiger charge is -2.01. The molecule has 0 bridgehead atoms. The lowest BCUT2D eigenvalue weighted by molar-refractivity contribution is 0.415. The summed E-state index contributed by atoms with van der Waals surface area (Å²) in [5.74, 6) is 0.859. The molecule has 6 heteroatoms. The van der Waals surface area contributed by atoms with E-state index in [2.05, 4.69) is 57.3 Å². The first-order chi connectivity index (χ1) is 9.19. The second-order valence-corrected chi connectivity index (χ2v) is 6.34. The Labute approximate surface area is 133 Å². The number of benzene rings is 1. The SMILES string of the molecule is COc1ccc(-c2sc3nc(S)ncc3c2I)cc1. The van der Waals surface area contributed by atoms with Crippen molar-refractivity contribution in [3.05, 3.63) is 34.0 Å². The van der Waals surface area contributed by atoms with E-state index in [1.54, 1.807) is 18.4 Å². The number of thiol groups is 1. The highest BCUT2D eigenvalue weighted by molar-refractivity contribution is 14.1. The number of aromatic nitrogens is 2. The molecule has 0 saturated carbocycles. The Morgan fingerprint density at radius 1 is 1.26 bits per heavy atom. The van der Waals surface area contributed by atoms with E-state index in [4.69, 9.17) is 4.74 Å². The number of rotatable bonds is 2. The van der Waals surface area contributed by atoms with E-state index in [0.29, 0.717) is 5.16 Å². The van der Waals surface area contributed by atoms with E-state index in [-0.39, 0.29) is 0 Å². The lowest BCUT2D eigenvalue weighted by Crippen LogP contribution is -1.82. The summed E-state index contributed by atoms with van der Waals surface area (Å²) in [6.45, 7) is 0. The molecule has 0 amide bonds. The Hall–Kier alpha value is -0.860. The van der Waals surface area contributed by atoms with Gasteiger partial charge in [-0.05, 0) is 52.4 Å². The van der Waals surface area contributed by atoms with Gasteiger partial charge in [0.15, 0.2) is 5.16 Å². The molecule has 0 aliphatic rings. The first-order valence-corrected chi connectivity index (χ1v) is 7.81. The number of hydrogen-bond acceptors (Lipinski definition) is 5. The molecule has 0 aliphatic carbocycles. The van der Waals surface area contributed by atoms with Crippen LogP contribution in [0.15, 0.2) is 35.6 Å². The van der Waals surface area contributed by atoms with Gasteiger partial charge in [0.25, 0.3) is 0 Å². The third-order valence-corrected chi connectivity index (χ3v) is 5.58. The van der Waals surface area contributed by atoms with E-state index in [1.165, 1.54) is 8.45 Å². The van der Waals surface area contributed by atoms with E-state index in [1.807, 2.05) is 18.3 Å². The van der Waals surface area contributed by atoms with E-state index in [0.717, 1.165) is 21.5 Å². The molecule has 0 aliphatic heterocycles. The average Bonchev–Trinajstić information content (AvgIpc) is 2.75. The third kappa shape index (κ3) is 2.44. The minimum Gasteiger partial charge on any atom is -0.497 e. The number of fused-ring (bicyclic) bond motifs is 1. The minimum atomic E-state index is 0.506. The zero-order valence-corrected chi connectivity index (χ0v) is 13.8. The molecular formula is C13H9IN2OS2. The third-order valence-electron chi connectivity index (χ3n) is 2.73. The maximum absolute atomic E-state index is 5.18. The highest BCUT2D eigenvalue weighted by Gasteiger charge is 2.13. The number of halogens is 1. The second-order valence-electron chi connectivity index (χ2n) is 3.86. The molecule has 0 spiro atoms. The fourth-order valence-electron chi connectivity index (χ4n) is 1.78. The Morgan fingerprint density at radius 3 is 2.68 bits per heavy atom. The molecule has 0 unspecified atom stereocenters. The van der Waals surface area contributed by atoms with Gasteiger partial charge in [0.1, 0.15) is 10.6 Å². The van der Waals surface area contributed by atoms with Gasteiger partial charge in [-0.25, -0.2) is 9.97 Å². The number of thiophene rings is 1. The van der Waals surface area contributed by atoms with Gasteiger partial charge in [-0.3, -0.25) is 0 Å². The van der Waals surface area contributed by atoms with Crippen molar-refractivity contribution in [3.63, 3.8) is 0 Å². The van der Waals surface area contributed by atoms with Crippen LogP contribution in [0, 0.1) is 3.57 Å². The topological polar surface area (TPSA) is 35.0 Å². The number of ether oxygens (including phenoxy) is 1. The zero-order valence-electron chi connectivity index (χ0n) is 9.92. The lowest BCUT2D eigenvalue weighted by atomic mass is 10.2. The Bertz CT molecular complexity index is 740. The molecule has 96 valence electrons. The van der Waals surface area contributed by atoms with Gasteiger partial charge in [0.05, 0.1) is 12.0 Å². The van der Waals surface area contributed by atoms with Crippen molar-refractivity contribution in [1.29, 1.82) is 0 Å². The van der Waals surface area contributed by atoms with Crippen LogP contribution < -0.4 is 4.74 Å². The van der Waals surface area contributed by atoms with Gasteiger partial charge in [0, 0.05) is 15.2 Å². The summed E-state index contributed by atoms with van der Waals surface area (Å²) in [7, 11) is 1.67. The van der Waals surface area contributed by atoms with Crippen molar-refractivity contribution in [3.8, 4) is 16.2 Å². The fraction of sp³-hybridized carbons (Fsp3) is 0.0769. The van der Waals surface area contributed by atoms with Crippen LogP contribution in [-0.4, -0.2) is 17.1 Å². The minimum absolute atomic E-state index is 0.506. The summed E-state index contributed by atoms with van der Waals surface area (Å²) in [4.78, 5) is 10.7. The largest absolute Gasteiger partial charge is 0.497 e. The van der Waals surface area contributed by atoms with E-state index in [9.17, 15) is 0 Å². The van der Waals surface area contributed by atoms with Crippen LogP contribution in [0.5, 0.6) is 5.75 Å². The summed E-state index contributed by atoms with van der Waals surface area (Å²) in [5.41, 5.74) is 1.16. The van der Waals surface area contributed by atoms with Crippen molar-refractivity contribution in [2.75, 3.05) is 7.11 Å². The Morgan fingerprint density at radius 2 is 2.00 bits per heavy atom. The first-order valence-electron chi connectivity index (χ1n) is 5.47. The average molecular weight is 400 g/mol. The van der Waals surface area contributed by atoms with Crippen LogP contribution >= 0.6 is 46.6 Å². The van der Waals surface area contributed by atoms with Gasteiger partial charge in [0.2, 0.25) is 0 Å². The summed E-state index contributed by atoms with van der Waals surface area (Å²) < 4.78 is 6.36. The predicted molar refractivity (Wildman–Crippen MR) is 89.4 cm³/mol. The van der Waals surface area contributed by atoms with Crippen LogP contribution in [0.25, 0.3) is 20.7 Å². The summed E-state index contributed by atoms with van der Waals surface area (Å²) in [5, 5.41) is 1.58.